The van der Waals surface area contributed by atoms with E-state index in [1.165, 1.54) is 11.1 Å². The smallest absolute Gasteiger partial charge is 0.203 e. The van der Waals surface area contributed by atoms with E-state index in [9.17, 15) is 0 Å². The van der Waals surface area contributed by atoms with Gasteiger partial charge in [0.05, 0.1) is 12.2 Å². The maximum atomic E-state index is 4.47. The number of rotatable bonds is 5. The molecule has 3 nitrogen and oxygen atoms in total. The molecule has 0 bridgehead atoms. The lowest BCUT2D eigenvalue weighted by Crippen LogP contribution is -2.07. The molecule has 1 N–H and O–H groups in total. The van der Waals surface area contributed by atoms with E-state index in [1.54, 1.807) is 11.3 Å². The van der Waals surface area contributed by atoms with Crippen LogP contribution in [-0.2, 0) is 6.54 Å². The zero-order valence-electron chi connectivity index (χ0n) is 10.2. The number of hydrogen-bond donors (Lipinski definition) is 1. The SMILES string of the molecule is C=CCNc1nc(C)cn1Cc1cscc1C. The van der Waals surface area contributed by atoms with E-state index in [2.05, 4.69) is 45.3 Å². The molecule has 0 spiro atoms. The van der Waals surface area contributed by atoms with E-state index < -0.39 is 0 Å². The summed E-state index contributed by atoms with van der Waals surface area (Å²) in [5.74, 6) is 0.910. The Morgan fingerprint density at radius 1 is 1.47 bits per heavy atom. The summed E-state index contributed by atoms with van der Waals surface area (Å²) in [4.78, 5) is 4.47. The number of imidazole rings is 1. The lowest BCUT2D eigenvalue weighted by molar-refractivity contribution is 0.800. The average Bonchev–Trinajstić information content (AvgIpc) is 2.84. The first-order valence-corrected chi connectivity index (χ1v) is 6.55. The minimum atomic E-state index is 0.735. The zero-order valence-corrected chi connectivity index (χ0v) is 11.0. The van der Waals surface area contributed by atoms with Gasteiger partial charge >= 0.3 is 0 Å². The van der Waals surface area contributed by atoms with Gasteiger partial charge in [0, 0.05) is 12.7 Å². The lowest BCUT2D eigenvalue weighted by Gasteiger charge is -2.08. The predicted molar refractivity (Wildman–Crippen MR) is 73.8 cm³/mol. The van der Waals surface area contributed by atoms with Crippen molar-refractivity contribution in [3.05, 3.63) is 46.4 Å². The van der Waals surface area contributed by atoms with Crippen LogP contribution < -0.4 is 5.32 Å². The second-order valence-corrected chi connectivity index (χ2v) is 4.83. The van der Waals surface area contributed by atoms with Gasteiger partial charge in [-0.05, 0) is 35.7 Å². The highest BCUT2D eigenvalue weighted by Crippen LogP contribution is 2.18. The van der Waals surface area contributed by atoms with Crippen molar-refractivity contribution in [2.24, 2.45) is 0 Å². The van der Waals surface area contributed by atoms with Crippen molar-refractivity contribution in [1.82, 2.24) is 9.55 Å². The van der Waals surface area contributed by atoms with Crippen LogP contribution in [0.2, 0.25) is 0 Å². The van der Waals surface area contributed by atoms with Crippen molar-refractivity contribution in [3.63, 3.8) is 0 Å². The summed E-state index contributed by atoms with van der Waals surface area (Å²) >= 11 is 1.75. The first-order chi connectivity index (χ1) is 8.20. The van der Waals surface area contributed by atoms with Gasteiger partial charge in [0.2, 0.25) is 5.95 Å². The fourth-order valence-corrected chi connectivity index (χ4v) is 2.55. The van der Waals surface area contributed by atoms with Gasteiger partial charge in [0.15, 0.2) is 0 Å². The van der Waals surface area contributed by atoms with Crippen LogP contribution in [0.25, 0.3) is 0 Å². The summed E-state index contributed by atoms with van der Waals surface area (Å²) in [5, 5.41) is 7.63. The van der Waals surface area contributed by atoms with E-state index in [-0.39, 0.29) is 0 Å². The number of aromatic nitrogens is 2. The maximum absolute atomic E-state index is 4.47. The lowest BCUT2D eigenvalue weighted by atomic mass is 10.2. The van der Waals surface area contributed by atoms with Crippen molar-refractivity contribution in [1.29, 1.82) is 0 Å². The summed E-state index contributed by atoms with van der Waals surface area (Å²) in [6.07, 6.45) is 3.91. The number of nitrogens with zero attached hydrogens (tertiary/aromatic N) is 2. The van der Waals surface area contributed by atoms with E-state index in [1.807, 2.05) is 13.0 Å². The standard InChI is InChI=1S/C13H17N3S/c1-4-5-14-13-15-11(3)6-16(13)7-12-9-17-8-10(12)2/h4,6,8-9H,1,5,7H2,2-3H3,(H,14,15). The molecule has 0 fully saturated rings. The van der Waals surface area contributed by atoms with Gasteiger partial charge in [-0.3, -0.25) is 0 Å². The molecular weight excluding hydrogens is 230 g/mol. The normalized spacial score (nSPS) is 10.5. The molecular formula is C13H17N3S. The molecule has 0 aliphatic rings. The van der Waals surface area contributed by atoms with E-state index in [0.29, 0.717) is 0 Å². The Kier molecular flexibility index (Phi) is 3.64. The highest BCUT2D eigenvalue weighted by Gasteiger charge is 2.07. The Labute approximate surface area is 106 Å². The van der Waals surface area contributed by atoms with Crippen LogP contribution in [0.15, 0.2) is 29.6 Å². The van der Waals surface area contributed by atoms with Gasteiger partial charge < -0.3 is 9.88 Å². The molecule has 0 radical (unpaired) electrons. The molecule has 0 aromatic carbocycles. The Morgan fingerprint density at radius 2 is 2.29 bits per heavy atom. The van der Waals surface area contributed by atoms with E-state index in [0.717, 1.165) is 24.7 Å². The topological polar surface area (TPSA) is 29.9 Å². The summed E-state index contributed by atoms with van der Waals surface area (Å²) in [6, 6.07) is 0. The molecule has 2 aromatic rings. The summed E-state index contributed by atoms with van der Waals surface area (Å²) in [5.41, 5.74) is 3.73. The van der Waals surface area contributed by atoms with Gasteiger partial charge in [0.25, 0.3) is 0 Å². The van der Waals surface area contributed by atoms with Crippen molar-refractivity contribution in [3.8, 4) is 0 Å². The number of thiophene rings is 1. The second-order valence-electron chi connectivity index (χ2n) is 4.08. The molecule has 0 atom stereocenters. The molecule has 0 amide bonds. The Hall–Kier alpha value is -1.55. The molecule has 17 heavy (non-hydrogen) atoms. The highest BCUT2D eigenvalue weighted by atomic mass is 32.1. The van der Waals surface area contributed by atoms with Crippen LogP contribution in [0.4, 0.5) is 5.95 Å². The molecule has 2 aromatic heterocycles. The molecule has 0 aliphatic heterocycles. The van der Waals surface area contributed by atoms with Crippen LogP contribution in [0, 0.1) is 13.8 Å². The van der Waals surface area contributed by atoms with Crippen molar-refractivity contribution < 1.29 is 0 Å². The van der Waals surface area contributed by atoms with Crippen LogP contribution in [0.5, 0.6) is 0 Å². The summed E-state index contributed by atoms with van der Waals surface area (Å²) in [6.45, 7) is 9.47. The Morgan fingerprint density at radius 3 is 2.94 bits per heavy atom. The number of nitrogens with one attached hydrogen (secondary N) is 1. The first kappa shape index (κ1) is 11.9. The van der Waals surface area contributed by atoms with Crippen LogP contribution in [0.1, 0.15) is 16.8 Å². The highest BCUT2D eigenvalue weighted by molar-refractivity contribution is 7.08. The monoisotopic (exact) mass is 247 g/mol. The minimum absolute atomic E-state index is 0.735. The van der Waals surface area contributed by atoms with Crippen molar-refractivity contribution in [2.75, 3.05) is 11.9 Å². The van der Waals surface area contributed by atoms with Gasteiger partial charge in [-0.15, -0.1) is 6.58 Å². The van der Waals surface area contributed by atoms with E-state index >= 15 is 0 Å². The maximum Gasteiger partial charge on any atom is 0.203 e. The van der Waals surface area contributed by atoms with Crippen LogP contribution >= 0.6 is 11.3 Å². The largest absolute Gasteiger partial charge is 0.352 e. The van der Waals surface area contributed by atoms with Crippen molar-refractivity contribution >= 4 is 17.3 Å². The fraction of sp³-hybridized carbons (Fsp3) is 0.308. The number of anilines is 1. The minimum Gasteiger partial charge on any atom is -0.352 e. The molecule has 90 valence electrons. The number of hydrogen-bond acceptors (Lipinski definition) is 3. The quantitative estimate of drug-likeness (QED) is 0.822. The predicted octanol–water partition coefficient (Wildman–Crippen LogP) is 3.21. The molecule has 0 saturated heterocycles. The van der Waals surface area contributed by atoms with Gasteiger partial charge in [-0.25, -0.2) is 4.98 Å². The third-order valence-corrected chi connectivity index (χ3v) is 3.51. The second kappa shape index (κ2) is 5.19. The Bertz CT molecular complexity index is 510. The van der Waals surface area contributed by atoms with Crippen LogP contribution in [0.3, 0.4) is 0 Å². The van der Waals surface area contributed by atoms with E-state index in [4.69, 9.17) is 0 Å². The summed E-state index contributed by atoms with van der Waals surface area (Å²) < 4.78 is 2.15. The molecule has 0 aliphatic carbocycles. The molecule has 4 heteroatoms. The zero-order chi connectivity index (χ0) is 12.3. The summed E-state index contributed by atoms with van der Waals surface area (Å²) in [7, 11) is 0. The fourth-order valence-electron chi connectivity index (χ4n) is 1.70. The molecule has 2 heterocycles. The third kappa shape index (κ3) is 2.77. The third-order valence-electron chi connectivity index (χ3n) is 2.60. The first-order valence-electron chi connectivity index (χ1n) is 5.61. The van der Waals surface area contributed by atoms with Gasteiger partial charge in [-0.1, -0.05) is 6.08 Å². The molecule has 2 rings (SSSR count). The Balaban J connectivity index is 2.20. The number of aryl methyl sites for hydroxylation is 2. The van der Waals surface area contributed by atoms with Crippen molar-refractivity contribution in [2.45, 2.75) is 20.4 Å². The van der Waals surface area contributed by atoms with Gasteiger partial charge in [-0.2, -0.15) is 11.3 Å². The van der Waals surface area contributed by atoms with Crippen LogP contribution in [-0.4, -0.2) is 16.1 Å². The molecule has 0 unspecified atom stereocenters. The molecule has 0 saturated carbocycles. The van der Waals surface area contributed by atoms with Gasteiger partial charge in [0.1, 0.15) is 0 Å². The average molecular weight is 247 g/mol.